The van der Waals surface area contributed by atoms with Gasteiger partial charge in [-0.25, -0.2) is 4.79 Å². The molecule has 4 saturated carbocycles. The van der Waals surface area contributed by atoms with E-state index in [1.165, 1.54) is 5.57 Å². The fourth-order valence-corrected chi connectivity index (χ4v) is 12.9. The lowest BCUT2D eigenvalue weighted by molar-refractivity contribution is -0.231. The summed E-state index contributed by atoms with van der Waals surface area (Å²) < 4.78 is 5.51. The van der Waals surface area contributed by atoms with Crippen molar-refractivity contribution in [1.29, 1.82) is 0 Å². The SMILES string of the molecule is C[C@@H]1CC[C@]2(C(=O)O)CC[C@]3(C)C(=CCC4[C@@]5(C)CC[C@H](C(=O)[C@@H]6OC(C(=O)O)[C@@H](O)C(O)C6O)C(C)(C)C5CC[C@]43C)C2[C@H]1C. The van der Waals surface area contributed by atoms with E-state index in [1.807, 2.05) is 0 Å². The molecule has 0 aromatic rings. The van der Waals surface area contributed by atoms with Gasteiger partial charge in [-0.15, -0.1) is 0 Å². The number of ether oxygens (including phenoxy) is 1. The number of Topliss-reactive ketones (excluding diaryl/α,β-unsaturated/α-hetero) is 1. The quantitative estimate of drug-likeness (QED) is 0.270. The van der Waals surface area contributed by atoms with Crippen molar-refractivity contribution in [1.82, 2.24) is 0 Å². The predicted octanol–water partition coefficient (Wildman–Crippen LogP) is 4.85. The molecule has 6 aliphatic rings. The first-order valence-corrected chi connectivity index (χ1v) is 17.7. The molecule has 1 heterocycles. The van der Waals surface area contributed by atoms with Gasteiger partial charge in [0.15, 0.2) is 11.9 Å². The normalized spacial score (nSPS) is 53.0. The van der Waals surface area contributed by atoms with E-state index in [1.54, 1.807) is 0 Å². The van der Waals surface area contributed by atoms with Crippen LogP contribution >= 0.6 is 0 Å². The number of aliphatic carboxylic acids is 2. The number of carbonyl (C=O) groups excluding carboxylic acids is 1. The van der Waals surface area contributed by atoms with Gasteiger partial charge in [0, 0.05) is 5.92 Å². The molecule has 1 aliphatic heterocycles. The minimum atomic E-state index is -1.83. The fourth-order valence-electron chi connectivity index (χ4n) is 12.9. The van der Waals surface area contributed by atoms with Crippen molar-refractivity contribution in [3.05, 3.63) is 11.6 Å². The van der Waals surface area contributed by atoms with Crippen LogP contribution in [-0.4, -0.2) is 73.8 Å². The van der Waals surface area contributed by atoms with Gasteiger partial charge in [0.25, 0.3) is 0 Å². The smallest absolute Gasteiger partial charge is 0.335 e. The number of aliphatic hydroxyl groups is 3. The minimum absolute atomic E-state index is 0.0298. The van der Waals surface area contributed by atoms with E-state index >= 15 is 0 Å². The third-order valence-corrected chi connectivity index (χ3v) is 15.9. The number of fused-ring (bicyclic) bond motifs is 7. The summed E-state index contributed by atoms with van der Waals surface area (Å²) in [6.07, 6.45) is 1.20. The van der Waals surface area contributed by atoms with E-state index in [-0.39, 0.29) is 28.1 Å². The molecule has 0 bridgehead atoms. The molecular weight excluding hydrogens is 588 g/mol. The number of carboxylic acids is 2. The summed E-state index contributed by atoms with van der Waals surface area (Å²) in [6, 6.07) is 0. The van der Waals surface area contributed by atoms with Crippen LogP contribution in [0.25, 0.3) is 0 Å². The molecule has 1 saturated heterocycles. The molecule has 0 aromatic heterocycles. The largest absolute Gasteiger partial charge is 0.481 e. The van der Waals surface area contributed by atoms with Crippen LogP contribution in [0.3, 0.4) is 0 Å². The maximum absolute atomic E-state index is 14.1. The van der Waals surface area contributed by atoms with E-state index in [9.17, 15) is 39.9 Å². The van der Waals surface area contributed by atoms with E-state index < -0.39 is 65.0 Å². The van der Waals surface area contributed by atoms with Gasteiger partial charge in [-0.3, -0.25) is 9.59 Å². The van der Waals surface area contributed by atoms with Gasteiger partial charge >= 0.3 is 11.9 Å². The van der Waals surface area contributed by atoms with Gasteiger partial charge in [-0.1, -0.05) is 60.1 Å². The first-order valence-electron chi connectivity index (χ1n) is 17.7. The monoisotopic (exact) mass is 644 g/mol. The lowest BCUT2D eigenvalue weighted by Gasteiger charge is -2.71. The van der Waals surface area contributed by atoms with E-state index in [4.69, 9.17) is 4.74 Å². The standard InChI is InChI=1S/C37H56O9/c1-18-10-15-37(32(44)45)17-16-35(6)20(24(37)19(18)2)8-9-23-34(5)13-11-21(33(3,4)22(34)12-14-36(23,35)7)25(38)29-27(40)26(39)28(41)30(46-29)31(42)43/h8,18-19,21-24,26-30,39-41H,9-17H2,1-7H3,(H,42,43)(H,44,45)/t18-,19+,21-,22?,23?,24?,26?,27?,28+,29+,30?,34+,35-,36-,37+/m1/s1. The van der Waals surface area contributed by atoms with Crippen LogP contribution in [0, 0.1) is 62.6 Å². The Labute approximate surface area is 273 Å². The molecule has 15 atom stereocenters. The summed E-state index contributed by atoms with van der Waals surface area (Å²) in [5.74, 6) is -1.66. The number of hydrogen-bond donors (Lipinski definition) is 5. The van der Waals surface area contributed by atoms with Crippen molar-refractivity contribution in [3.8, 4) is 0 Å². The lowest BCUT2D eigenvalue weighted by Crippen LogP contribution is -2.66. The maximum Gasteiger partial charge on any atom is 0.335 e. The van der Waals surface area contributed by atoms with Crippen molar-refractivity contribution in [3.63, 3.8) is 0 Å². The van der Waals surface area contributed by atoms with Crippen LogP contribution in [0.1, 0.15) is 106 Å². The van der Waals surface area contributed by atoms with Crippen molar-refractivity contribution >= 4 is 17.7 Å². The number of carbonyl (C=O) groups is 3. The van der Waals surface area contributed by atoms with Gasteiger partial charge in [-0.2, -0.15) is 0 Å². The Balaban J connectivity index is 1.32. The van der Waals surface area contributed by atoms with E-state index in [2.05, 4.69) is 54.5 Å². The summed E-state index contributed by atoms with van der Waals surface area (Å²) in [6.45, 7) is 16.1. The highest BCUT2D eigenvalue weighted by molar-refractivity contribution is 5.88. The summed E-state index contributed by atoms with van der Waals surface area (Å²) >= 11 is 0. The Morgan fingerprint density at radius 2 is 1.43 bits per heavy atom. The number of allylic oxidation sites excluding steroid dienone is 2. The maximum atomic E-state index is 14.1. The third kappa shape index (κ3) is 4.29. The second-order valence-corrected chi connectivity index (χ2v) is 17.7. The molecule has 5 N–H and O–H groups in total. The van der Waals surface area contributed by atoms with Crippen molar-refractivity contribution in [2.24, 2.45) is 62.6 Å². The van der Waals surface area contributed by atoms with E-state index in [0.717, 1.165) is 44.9 Å². The van der Waals surface area contributed by atoms with Crippen molar-refractivity contribution in [2.45, 2.75) is 137 Å². The minimum Gasteiger partial charge on any atom is -0.481 e. The Bertz CT molecular complexity index is 1320. The van der Waals surface area contributed by atoms with Gasteiger partial charge in [0.2, 0.25) is 0 Å². The third-order valence-electron chi connectivity index (χ3n) is 15.9. The van der Waals surface area contributed by atoms with Gasteiger partial charge in [0.1, 0.15) is 24.4 Å². The molecule has 9 heteroatoms. The molecule has 5 fully saturated rings. The molecule has 0 aromatic carbocycles. The molecule has 9 nitrogen and oxygen atoms in total. The molecule has 0 radical (unpaired) electrons. The first-order chi connectivity index (χ1) is 21.3. The van der Waals surface area contributed by atoms with Gasteiger partial charge in [0.05, 0.1) is 5.41 Å². The molecular formula is C37H56O9. The van der Waals surface area contributed by atoms with Crippen LogP contribution < -0.4 is 0 Å². The molecule has 5 aliphatic carbocycles. The van der Waals surface area contributed by atoms with Crippen LogP contribution in [0.5, 0.6) is 0 Å². The molecule has 258 valence electrons. The van der Waals surface area contributed by atoms with Crippen LogP contribution in [0.2, 0.25) is 0 Å². The molecule has 6 unspecified atom stereocenters. The molecule has 0 amide bonds. The summed E-state index contributed by atoms with van der Waals surface area (Å²) in [5.41, 5.74) is -0.0113. The molecule has 6 rings (SSSR count). The molecule has 46 heavy (non-hydrogen) atoms. The number of carboxylic acid groups (broad SMARTS) is 2. The Kier molecular flexibility index (Phi) is 8.03. The zero-order chi connectivity index (χ0) is 33.9. The van der Waals surface area contributed by atoms with Crippen LogP contribution in [0.15, 0.2) is 11.6 Å². The van der Waals surface area contributed by atoms with Gasteiger partial charge < -0.3 is 30.3 Å². The Morgan fingerprint density at radius 3 is 2.07 bits per heavy atom. The molecule has 0 spiro atoms. The average Bonchev–Trinajstić information content (AvgIpc) is 2.97. The Morgan fingerprint density at radius 1 is 0.783 bits per heavy atom. The highest BCUT2D eigenvalue weighted by atomic mass is 16.6. The summed E-state index contributed by atoms with van der Waals surface area (Å²) in [7, 11) is 0. The summed E-state index contributed by atoms with van der Waals surface area (Å²) in [5, 5.41) is 51.6. The number of ketones is 1. The lowest BCUT2D eigenvalue weighted by atomic mass is 9.33. The Hall–Kier alpha value is -1.81. The highest BCUT2D eigenvalue weighted by Crippen LogP contribution is 2.76. The first kappa shape index (κ1) is 34.1. The van der Waals surface area contributed by atoms with Crippen molar-refractivity contribution < 1.29 is 44.7 Å². The highest BCUT2D eigenvalue weighted by Gasteiger charge is 2.70. The number of rotatable bonds is 4. The predicted molar refractivity (Wildman–Crippen MR) is 169 cm³/mol. The second kappa shape index (κ2) is 10.8. The summed E-state index contributed by atoms with van der Waals surface area (Å²) in [4.78, 5) is 38.8. The number of aliphatic hydroxyl groups excluding tert-OH is 3. The van der Waals surface area contributed by atoms with E-state index in [0.29, 0.717) is 30.6 Å². The van der Waals surface area contributed by atoms with Crippen LogP contribution in [0.4, 0.5) is 0 Å². The van der Waals surface area contributed by atoms with Gasteiger partial charge in [-0.05, 0) is 109 Å². The zero-order valence-electron chi connectivity index (χ0n) is 28.7. The topological polar surface area (TPSA) is 162 Å². The number of hydrogen-bond acceptors (Lipinski definition) is 7. The zero-order valence-corrected chi connectivity index (χ0v) is 28.7. The van der Waals surface area contributed by atoms with Crippen molar-refractivity contribution in [2.75, 3.05) is 0 Å². The fraction of sp³-hybridized carbons (Fsp3) is 0.865. The average molecular weight is 645 g/mol. The van der Waals surface area contributed by atoms with Crippen LogP contribution in [-0.2, 0) is 19.1 Å². The second-order valence-electron chi connectivity index (χ2n) is 17.7.